The number of rotatable bonds is 32. The molecule has 42 nitrogen and oxygen atoms in total. The van der Waals surface area contributed by atoms with Crippen LogP contribution in [0.1, 0.15) is 125 Å². The molecule has 3 rings (SSSR count). The summed E-state index contributed by atoms with van der Waals surface area (Å²) in [5.74, 6) is -20.6. The fourth-order valence-electron chi connectivity index (χ4n) is 11.3. The van der Waals surface area contributed by atoms with Gasteiger partial charge in [0, 0.05) is 43.8 Å². The van der Waals surface area contributed by atoms with Crippen LogP contribution in [-0.2, 0) is 91.1 Å². The number of primary amides is 1. The maximum atomic E-state index is 14.4. The van der Waals surface area contributed by atoms with Crippen LogP contribution in [0.2, 0.25) is 0 Å². The summed E-state index contributed by atoms with van der Waals surface area (Å²) < 4.78 is 0. The lowest BCUT2D eigenvalue weighted by Gasteiger charge is -2.29. The van der Waals surface area contributed by atoms with E-state index >= 15 is 0 Å². The van der Waals surface area contributed by atoms with Gasteiger partial charge in [0.2, 0.25) is 100 Å². The fourth-order valence-corrected chi connectivity index (χ4v) is 13.9. The third-order valence-corrected chi connectivity index (χ3v) is 19.6. The van der Waals surface area contributed by atoms with Gasteiger partial charge >= 0.3 is 11.9 Å². The third kappa shape index (κ3) is 34.1. The van der Waals surface area contributed by atoms with E-state index in [1.807, 2.05) is 0 Å². The van der Waals surface area contributed by atoms with Crippen molar-refractivity contribution >= 4 is 153 Å². The van der Waals surface area contributed by atoms with Crippen LogP contribution in [0.25, 0.3) is 0 Å². The molecule has 12 atom stereocenters. The molecule has 0 aliphatic carbocycles. The molecule has 3 saturated heterocycles. The van der Waals surface area contributed by atoms with Crippen molar-refractivity contribution in [1.82, 2.24) is 84.2 Å². The molecular formula is C64H105N21O21S3. The number of thiol groups is 1. The summed E-state index contributed by atoms with van der Waals surface area (Å²) in [7, 11) is 1.55. The van der Waals surface area contributed by atoms with E-state index in [1.54, 1.807) is 27.7 Å². The number of carbonyl (C=O) groups is 19. The first kappa shape index (κ1) is 93.4. The number of nitrogens with one attached hydrogen (secondary N) is 14. The van der Waals surface area contributed by atoms with E-state index in [-0.39, 0.29) is 108 Å². The zero-order chi connectivity index (χ0) is 81.8. The topological polar surface area (TPSA) is 656 Å². The second-order valence-electron chi connectivity index (χ2n) is 26.8. The molecule has 0 bridgehead atoms. The highest BCUT2D eigenvalue weighted by Gasteiger charge is 2.41. The first-order chi connectivity index (χ1) is 51.3. The van der Waals surface area contributed by atoms with Crippen molar-refractivity contribution in [3.8, 4) is 0 Å². The highest BCUT2D eigenvalue weighted by atomic mass is 33.1. The van der Waals surface area contributed by atoms with Gasteiger partial charge in [0.25, 0.3) is 0 Å². The minimum Gasteiger partial charge on any atom is -0.481 e. The van der Waals surface area contributed by atoms with Crippen molar-refractivity contribution in [3.05, 3.63) is 0 Å². The van der Waals surface area contributed by atoms with Crippen LogP contribution in [-0.4, -0.2) is 280 Å². The monoisotopic (exact) mass is 1600 g/mol. The molecular weight excluding hydrogens is 1500 g/mol. The quantitative estimate of drug-likeness (QED) is 0.00978. The summed E-state index contributed by atoms with van der Waals surface area (Å²) >= 11 is 4.17. The predicted molar refractivity (Wildman–Crippen MR) is 396 cm³/mol. The molecule has 0 aromatic heterocycles. The lowest BCUT2D eigenvalue weighted by molar-refractivity contribution is -0.143. The Balaban J connectivity index is 1.91. The van der Waals surface area contributed by atoms with Crippen molar-refractivity contribution < 1.29 is 101 Å². The summed E-state index contributed by atoms with van der Waals surface area (Å²) in [6, 6.07) is -17.4. The SMILES string of the molecule is CC(=O)N[C@@H](CS)C(=O)N1CCC[C@@H]1C(=O)N[C@@H](CC(C)C)C(=O)NCC(=O)N[C@@H](CC(C)C)C(=O)N[C@@H](C)C(=O)NCC(=O)N[C@H]1CSSC[C@@H](C(N)=O)NC(=O)C(CC(=O)O)NC(=O)[C@H]2CCCN2C(=O)CNC(=O)C(CCCCN)NC(=O)[C@H](CC(=O)O)NC(=O)CNC(=O)C(CCCN=C(N)N)NC1=O. The highest BCUT2D eigenvalue weighted by Crippen LogP contribution is 2.25. The Labute approximate surface area is 642 Å². The van der Waals surface area contributed by atoms with Crippen LogP contribution in [0.5, 0.6) is 0 Å². The third-order valence-electron chi connectivity index (χ3n) is 16.8. The first-order valence-electron chi connectivity index (χ1n) is 35.4. The number of likely N-dealkylation sites (tertiary alicyclic amines) is 1. The van der Waals surface area contributed by atoms with Crippen molar-refractivity contribution in [2.24, 2.45) is 39.8 Å². The van der Waals surface area contributed by atoms with Gasteiger partial charge in [-0.3, -0.25) is 96.1 Å². The highest BCUT2D eigenvalue weighted by molar-refractivity contribution is 8.76. The van der Waals surface area contributed by atoms with Gasteiger partial charge in [0.15, 0.2) is 5.96 Å². The summed E-state index contributed by atoms with van der Waals surface area (Å²) in [4.78, 5) is 261. The number of unbranched alkanes of at least 4 members (excludes halogenated alkanes) is 1. The number of aliphatic carboxylic acids is 2. The molecule has 3 aliphatic heterocycles. The van der Waals surface area contributed by atoms with Crippen LogP contribution < -0.4 is 97.4 Å². The zero-order valence-corrected chi connectivity index (χ0v) is 64.1. The number of hydrogen-bond donors (Lipinski definition) is 21. The molecule has 610 valence electrons. The number of nitrogens with two attached hydrogens (primary N) is 4. The molecule has 3 unspecified atom stereocenters. The second kappa shape index (κ2) is 47.9. The molecule has 0 spiro atoms. The van der Waals surface area contributed by atoms with E-state index in [9.17, 15) is 101 Å². The number of carboxylic acids is 2. The smallest absolute Gasteiger partial charge is 0.305 e. The molecule has 3 heterocycles. The average molecular weight is 1600 g/mol. The molecule has 45 heteroatoms. The largest absolute Gasteiger partial charge is 0.481 e. The number of amides is 17. The number of carboxylic acid groups (broad SMARTS) is 2. The van der Waals surface area contributed by atoms with E-state index in [0.29, 0.717) is 12.8 Å². The fraction of sp³-hybridized carbons (Fsp3) is 0.688. The van der Waals surface area contributed by atoms with Gasteiger partial charge < -0.3 is 117 Å². The van der Waals surface area contributed by atoms with Crippen LogP contribution in [0.3, 0.4) is 0 Å². The van der Waals surface area contributed by atoms with Gasteiger partial charge in [-0.25, -0.2) is 0 Å². The number of guanidine groups is 1. The zero-order valence-electron chi connectivity index (χ0n) is 61.6. The average Bonchev–Trinajstić information content (AvgIpc) is 1.72. The lowest BCUT2D eigenvalue weighted by atomic mass is 10.0. The van der Waals surface area contributed by atoms with E-state index < -0.39 is 235 Å². The number of aliphatic imine (C=N–C) groups is 1. The summed E-state index contributed by atoms with van der Waals surface area (Å²) in [6.07, 6.45) is -0.872. The predicted octanol–water partition coefficient (Wildman–Crippen LogP) is -8.64. The molecule has 3 fully saturated rings. The van der Waals surface area contributed by atoms with Crippen LogP contribution in [0, 0.1) is 11.8 Å². The van der Waals surface area contributed by atoms with Crippen molar-refractivity contribution in [1.29, 1.82) is 0 Å². The van der Waals surface area contributed by atoms with Crippen molar-refractivity contribution in [2.75, 3.05) is 69.6 Å². The first-order valence-corrected chi connectivity index (χ1v) is 38.5. The molecule has 0 aromatic carbocycles. The molecule has 0 aromatic rings. The van der Waals surface area contributed by atoms with Gasteiger partial charge in [0.1, 0.15) is 72.5 Å². The van der Waals surface area contributed by atoms with E-state index in [0.717, 1.165) is 26.5 Å². The number of fused-ring (bicyclic) bond motifs is 1. The van der Waals surface area contributed by atoms with Gasteiger partial charge in [-0.1, -0.05) is 49.3 Å². The maximum Gasteiger partial charge on any atom is 0.305 e. The summed E-state index contributed by atoms with van der Waals surface area (Å²) in [6.45, 7) is 6.44. The Kier molecular flexibility index (Phi) is 41.0. The van der Waals surface area contributed by atoms with E-state index in [1.165, 1.54) is 18.7 Å². The normalized spacial score (nSPS) is 22.1. The van der Waals surface area contributed by atoms with Gasteiger partial charge in [-0.05, 0) is 95.9 Å². The van der Waals surface area contributed by atoms with Crippen LogP contribution >= 0.6 is 34.2 Å². The maximum absolute atomic E-state index is 14.4. The molecule has 0 radical (unpaired) electrons. The summed E-state index contributed by atoms with van der Waals surface area (Å²) in [5, 5.41) is 53.3. The van der Waals surface area contributed by atoms with Crippen molar-refractivity contribution in [2.45, 2.75) is 198 Å². The Morgan fingerprint density at radius 1 is 0.596 bits per heavy atom. The van der Waals surface area contributed by atoms with Crippen LogP contribution in [0.4, 0.5) is 0 Å². The lowest BCUT2D eigenvalue weighted by Crippen LogP contribution is -2.58. The number of hydrogen-bond acceptors (Lipinski definition) is 24. The van der Waals surface area contributed by atoms with Gasteiger partial charge in [0.05, 0.1) is 39.0 Å². The molecule has 109 heavy (non-hydrogen) atoms. The molecule has 0 saturated carbocycles. The van der Waals surface area contributed by atoms with E-state index in [4.69, 9.17) is 22.9 Å². The number of carbonyl (C=O) groups excluding carboxylic acids is 17. The molecule has 24 N–H and O–H groups in total. The minimum atomic E-state index is -1.90. The van der Waals surface area contributed by atoms with Crippen LogP contribution in [0.15, 0.2) is 4.99 Å². The minimum absolute atomic E-state index is 0.0113. The van der Waals surface area contributed by atoms with Gasteiger partial charge in [-0.2, -0.15) is 12.6 Å². The summed E-state index contributed by atoms with van der Waals surface area (Å²) in [5.41, 5.74) is 22.3. The van der Waals surface area contributed by atoms with Gasteiger partial charge in [-0.15, -0.1) is 0 Å². The Hall–Kier alpha value is -9.79. The standard InChI is InChI=1S/C64H105N21O21S3/c1-31(2)20-37(81-62(105)45-15-11-19-85(45)63(106)41(28-107)75-34(6)86)56(99)72-26-46(87)76-38(21-32(3)4)57(100)74-33(5)53(96)70-24-48(89)78-43-30-109-108-29-42(52(66)95)83-59(102)40(23-51(93)94)82-61(104)44-14-10-18-84(44)49(90)27-73-55(98)35(12-7-8-16-65)79-58(101)39(22-50(91)92)77-47(88)25-71-54(97)36(80-60(43)103)13-9-17-69-64(67)68/h31-33,35-45,107H,7-30,65H2,1-6H3,(H2,66,95)(H,70,96)(H,71,97)(H,72,99)(H,73,98)(H,74,100)(H,75,86)(H,76,87)(H,77,88)(H,78,89)(H,79,101)(H,80,103)(H,81,105)(H,82,104)(H,83,102)(H,91,92)(H,93,94)(H4,67,68,69)/t33-,35?,36?,37-,38-,39-,40?,41-,42-,43-,44+,45+/m0/s1. The number of nitrogens with zero attached hydrogens (tertiary/aromatic N) is 3. The van der Waals surface area contributed by atoms with E-state index in [2.05, 4.69) is 92.1 Å². The van der Waals surface area contributed by atoms with Crippen molar-refractivity contribution in [3.63, 3.8) is 0 Å². The Morgan fingerprint density at radius 3 is 1.73 bits per heavy atom. The molecule has 17 amide bonds. The molecule has 3 aliphatic rings. The second-order valence-corrected chi connectivity index (χ2v) is 29.7. The Bertz CT molecular complexity index is 3310. The Morgan fingerprint density at radius 2 is 1.15 bits per heavy atom.